The van der Waals surface area contributed by atoms with Gasteiger partial charge in [-0.1, -0.05) is 30.3 Å². The molecule has 3 aromatic carbocycles. The van der Waals surface area contributed by atoms with E-state index in [0.29, 0.717) is 0 Å². The minimum absolute atomic E-state index is 0.802. The molecule has 1 aliphatic heterocycles. The summed E-state index contributed by atoms with van der Waals surface area (Å²) in [7, 11) is 3.92. The zero-order chi connectivity index (χ0) is 23.3. The highest BCUT2D eigenvalue weighted by atomic mass is 16.5. The van der Waals surface area contributed by atoms with Gasteiger partial charge in [0.05, 0.1) is 24.5 Å². The zero-order valence-corrected chi connectivity index (χ0v) is 20.1. The molecule has 0 radical (unpaired) electrons. The minimum atomic E-state index is 0.802. The van der Waals surface area contributed by atoms with Crippen LogP contribution in [0.5, 0.6) is 5.75 Å². The number of aromatic amines is 1. The Bertz CT molecular complexity index is 1230. The number of H-pyrrole nitrogens is 1. The maximum Gasteiger partial charge on any atom is 0.119 e. The van der Waals surface area contributed by atoms with E-state index in [9.17, 15) is 0 Å². The van der Waals surface area contributed by atoms with Gasteiger partial charge in [-0.2, -0.15) is 0 Å². The Hall–Kier alpha value is -3.35. The molecule has 6 heteroatoms. The summed E-state index contributed by atoms with van der Waals surface area (Å²) in [4.78, 5) is 15.0. The summed E-state index contributed by atoms with van der Waals surface area (Å²) in [5.74, 6) is 0.889. The molecule has 1 saturated heterocycles. The molecule has 0 atom stereocenters. The number of piperazine rings is 1. The summed E-state index contributed by atoms with van der Waals surface area (Å²) in [6.45, 7) is 7.13. The van der Waals surface area contributed by atoms with Crippen molar-refractivity contribution in [1.82, 2.24) is 19.8 Å². The number of methoxy groups -OCH3 is 1. The first-order valence-corrected chi connectivity index (χ1v) is 12.0. The average Bonchev–Trinajstić information content (AvgIpc) is 3.33. The Balaban J connectivity index is 1.40. The normalized spacial score (nSPS) is 15.0. The number of anilines is 1. The molecule has 0 saturated carbocycles. The monoisotopic (exact) mass is 455 g/mol. The molecule has 1 aromatic heterocycles. The summed E-state index contributed by atoms with van der Waals surface area (Å²) in [5, 5.41) is 0. The lowest BCUT2D eigenvalue weighted by Crippen LogP contribution is -2.43. The standard InChI is InChI=1S/C28H33N5O/c1-31-11-13-32(14-12-31)18-22-5-3-7-25(15-22)33(19-23-6-4-8-26(16-23)34-2)20-24-9-10-27-28(17-24)30-21-29-27/h3-10,15-17,21H,11-14,18-20H2,1-2H3,(H,29,30). The van der Waals surface area contributed by atoms with E-state index in [0.717, 1.165) is 62.6 Å². The first-order valence-electron chi connectivity index (χ1n) is 12.0. The van der Waals surface area contributed by atoms with Gasteiger partial charge in [-0.15, -0.1) is 0 Å². The number of rotatable bonds is 8. The average molecular weight is 456 g/mol. The first-order chi connectivity index (χ1) is 16.7. The molecule has 5 rings (SSSR count). The van der Waals surface area contributed by atoms with Gasteiger partial charge < -0.3 is 19.5 Å². The smallest absolute Gasteiger partial charge is 0.119 e. The molecule has 0 aliphatic carbocycles. The van der Waals surface area contributed by atoms with Crippen LogP contribution in [0.25, 0.3) is 11.0 Å². The Morgan fingerprint density at radius 2 is 1.65 bits per heavy atom. The van der Waals surface area contributed by atoms with Crippen LogP contribution < -0.4 is 9.64 Å². The molecule has 0 unspecified atom stereocenters. The van der Waals surface area contributed by atoms with Gasteiger partial charge in [0.2, 0.25) is 0 Å². The molecular formula is C28H33N5O. The molecule has 4 aromatic rings. The number of aromatic nitrogens is 2. The number of nitrogens with one attached hydrogen (secondary N) is 1. The van der Waals surface area contributed by atoms with Crippen molar-refractivity contribution in [3.05, 3.63) is 89.7 Å². The summed E-state index contributed by atoms with van der Waals surface area (Å²) in [6.07, 6.45) is 1.75. The minimum Gasteiger partial charge on any atom is -0.497 e. The van der Waals surface area contributed by atoms with Crippen molar-refractivity contribution in [1.29, 1.82) is 0 Å². The van der Waals surface area contributed by atoms with Crippen molar-refractivity contribution in [3.63, 3.8) is 0 Å². The summed E-state index contributed by atoms with van der Waals surface area (Å²) in [6, 6.07) is 23.8. The van der Waals surface area contributed by atoms with E-state index < -0.39 is 0 Å². The fourth-order valence-corrected chi connectivity index (χ4v) is 4.65. The second-order valence-corrected chi connectivity index (χ2v) is 9.21. The number of imidazole rings is 1. The maximum absolute atomic E-state index is 5.47. The quantitative estimate of drug-likeness (QED) is 0.423. The van der Waals surface area contributed by atoms with Crippen LogP contribution >= 0.6 is 0 Å². The number of hydrogen-bond donors (Lipinski definition) is 1. The van der Waals surface area contributed by atoms with E-state index in [1.165, 1.54) is 22.4 Å². The number of benzene rings is 3. The molecule has 2 heterocycles. The summed E-state index contributed by atoms with van der Waals surface area (Å²) >= 11 is 0. The van der Waals surface area contributed by atoms with E-state index in [4.69, 9.17) is 4.74 Å². The van der Waals surface area contributed by atoms with Gasteiger partial charge in [0.15, 0.2) is 0 Å². The third-order valence-electron chi connectivity index (χ3n) is 6.64. The highest BCUT2D eigenvalue weighted by molar-refractivity contribution is 5.75. The topological polar surface area (TPSA) is 47.6 Å². The van der Waals surface area contributed by atoms with Crippen LogP contribution in [0.1, 0.15) is 16.7 Å². The van der Waals surface area contributed by atoms with Crippen LogP contribution in [0.4, 0.5) is 5.69 Å². The van der Waals surface area contributed by atoms with Gasteiger partial charge in [0.25, 0.3) is 0 Å². The van der Waals surface area contributed by atoms with E-state index in [1.54, 1.807) is 13.4 Å². The lowest BCUT2D eigenvalue weighted by Gasteiger charge is -2.32. The van der Waals surface area contributed by atoms with E-state index in [1.807, 2.05) is 6.07 Å². The highest BCUT2D eigenvalue weighted by Gasteiger charge is 2.15. The van der Waals surface area contributed by atoms with Gasteiger partial charge in [-0.3, -0.25) is 4.90 Å². The second kappa shape index (κ2) is 10.3. The first kappa shape index (κ1) is 22.4. The predicted molar refractivity (Wildman–Crippen MR) is 138 cm³/mol. The van der Waals surface area contributed by atoms with Crippen LogP contribution in [0.3, 0.4) is 0 Å². The Labute approximate surface area is 201 Å². The lowest BCUT2D eigenvalue weighted by molar-refractivity contribution is 0.148. The molecule has 0 amide bonds. The number of nitrogens with zero attached hydrogens (tertiary/aromatic N) is 4. The fourth-order valence-electron chi connectivity index (χ4n) is 4.65. The van der Waals surface area contributed by atoms with Crippen molar-refractivity contribution in [2.24, 2.45) is 0 Å². The number of likely N-dealkylation sites (N-methyl/N-ethyl adjacent to an activating group) is 1. The molecule has 34 heavy (non-hydrogen) atoms. The second-order valence-electron chi connectivity index (χ2n) is 9.21. The van der Waals surface area contributed by atoms with E-state index in [2.05, 4.69) is 92.4 Å². The number of hydrogen-bond acceptors (Lipinski definition) is 5. The van der Waals surface area contributed by atoms with Gasteiger partial charge in [0.1, 0.15) is 5.75 Å². The molecule has 0 spiro atoms. The van der Waals surface area contributed by atoms with Gasteiger partial charge in [-0.05, 0) is 60.1 Å². The van der Waals surface area contributed by atoms with Crippen LogP contribution in [0, 0.1) is 0 Å². The van der Waals surface area contributed by atoms with Gasteiger partial charge in [0, 0.05) is 51.5 Å². The Morgan fingerprint density at radius 3 is 2.47 bits per heavy atom. The molecule has 1 aliphatic rings. The maximum atomic E-state index is 5.47. The van der Waals surface area contributed by atoms with E-state index >= 15 is 0 Å². The van der Waals surface area contributed by atoms with Crippen molar-refractivity contribution in [3.8, 4) is 5.75 Å². The van der Waals surface area contributed by atoms with Crippen LogP contribution in [0.15, 0.2) is 73.1 Å². The molecule has 176 valence electrons. The Kier molecular flexibility index (Phi) is 6.79. The fraction of sp³-hybridized carbons (Fsp3) is 0.321. The van der Waals surface area contributed by atoms with Crippen LogP contribution in [0.2, 0.25) is 0 Å². The third-order valence-corrected chi connectivity index (χ3v) is 6.64. The lowest BCUT2D eigenvalue weighted by atomic mass is 10.1. The Morgan fingerprint density at radius 1 is 0.882 bits per heavy atom. The predicted octanol–water partition coefficient (Wildman–Crippen LogP) is 4.53. The van der Waals surface area contributed by atoms with Gasteiger partial charge >= 0.3 is 0 Å². The zero-order valence-electron chi connectivity index (χ0n) is 20.1. The molecule has 0 bridgehead atoms. The van der Waals surface area contributed by atoms with Crippen molar-refractivity contribution < 1.29 is 4.74 Å². The van der Waals surface area contributed by atoms with E-state index in [-0.39, 0.29) is 0 Å². The van der Waals surface area contributed by atoms with Crippen LogP contribution in [-0.2, 0) is 19.6 Å². The van der Waals surface area contributed by atoms with Crippen molar-refractivity contribution in [2.45, 2.75) is 19.6 Å². The van der Waals surface area contributed by atoms with Gasteiger partial charge in [-0.25, -0.2) is 4.98 Å². The third kappa shape index (κ3) is 5.41. The number of fused-ring (bicyclic) bond motifs is 1. The van der Waals surface area contributed by atoms with Crippen LogP contribution in [-0.4, -0.2) is 60.1 Å². The SMILES string of the molecule is COc1cccc(CN(Cc2ccc3nc[nH]c3c2)c2cccc(CN3CCN(C)CC3)c2)c1. The highest BCUT2D eigenvalue weighted by Crippen LogP contribution is 2.25. The molecule has 1 N–H and O–H groups in total. The van der Waals surface area contributed by atoms with Crippen molar-refractivity contribution >= 4 is 16.7 Å². The summed E-state index contributed by atoms with van der Waals surface area (Å²) in [5.41, 5.74) is 7.15. The largest absolute Gasteiger partial charge is 0.497 e. The number of ether oxygens (including phenoxy) is 1. The van der Waals surface area contributed by atoms with Crippen molar-refractivity contribution in [2.75, 3.05) is 45.2 Å². The molecule has 6 nitrogen and oxygen atoms in total. The molecular weight excluding hydrogens is 422 g/mol. The molecule has 1 fully saturated rings. The summed E-state index contributed by atoms with van der Waals surface area (Å²) < 4.78 is 5.47.